The van der Waals surface area contributed by atoms with Crippen molar-refractivity contribution < 1.29 is 4.79 Å². The van der Waals surface area contributed by atoms with Crippen LogP contribution in [-0.2, 0) is 19.5 Å². The Hall–Kier alpha value is -2.43. The summed E-state index contributed by atoms with van der Waals surface area (Å²) < 4.78 is 4.41. The Morgan fingerprint density at radius 1 is 1.19 bits per heavy atom. The van der Waals surface area contributed by atoms with Gasteiger partial charge in [-0.3, -0.25) is 4.79 Å². The first-order chi connectivity index (χ1) is 10.3. The summed E-state index contributed by atoms with van der Waals surface area (Å²) in [6.07, 6.45) is 6.36. The summed E-state index contributed by atoms with van der Waals surface area (Å²) in [7, 11) is 0. The normalized spacial score (nSPS) is 14.3. The zero-order chi connectivity index (χ0) is 14.2. The Labute approximate surface area is 122 Å². The van der Waals surface area contributed by atoms with Crippen molar-refractivity contribution in [2.24, 2.45) is 0 Å². The smallest absolute Gasteiger partial charge is 0.153 e. The predicted octanol–water partition coefficient (Wildman–Crippen LogP) is 2.43. The summed E-state index contributed by atoms with van der Waals surface area (Å²) in [6, 6.07) is 7.80. The fraction of sp³-hybridized carbons (Fsp3) is 0.312. The first-order valence-electron chi connectivity index (χ1n) is 7.30. The molecule has 0 saturated carbocycles. The number of fused-ring (bicyclic) bond motifs is 2. The fourth-order valence-electron chi connectivity index (χ4n) is 3.07. The van der Waals surface area contributed by atoms with E-state index >= 15 is 0 Å². The van der Waals surface area contributed by atoms with Crippen molar-refractivity contribution in [3.05, 3.63) is 47.7 Å². The molecule has 21 heavy (non-hydrogen) atoms. The van der Waals surface area contributed by atoms with Gasteiger partial charge in [-0.15, -0.1) is 10.2 Å². The van der Waals surface area contributed by atoms with E-state index in [0.717, 1.165) is 48.3 Å². The van der Waals surface area contributed by atoms with Crippen LogP contribution in [0.5, 0.6) is 0 Å². The minimum Gasteiger partial charge on any atom is -0.340 e. The van der Waals surface area contributed by atoms with Gasteiger partial charge in [0.2, 0.25) is 0 Å². The number of carbonyl (C=O) groups is 1. The summed E-state index contributed by atoms with van der Waals surface area (Å²) in [5, 5.41) is 9.73. The molecular formula is C16H16N4O. The lowest BCUT2D eigenvalue weighted by Crippen LogP contribution is -2.14. The molecule has 1 aliphatic rings. The summed E-state index contributed by atoms with van der Waals surface area (Å²) >= 11 is 0. The maximum Gasteiger partial charge on any atom is 0.153 e. The Bertz CT molecular complexity index is 815. The first-order valence-corrected chi connectivity index (χ1v) is 7.30. The maximum absolute atomic E-state index is 10.8. The second-order valence-electron chi connectivity index (χ2n) is 5.52. The third-order valence-corrected chi connectivity index (χ3v) is 4.18. The first kappa shape index (κ1) is 12.3. The van der Waals surface area contributed by atoms with E-state index in [2.05, 4.69) is 19.3 Å². The number of carbonyl (C=O) groups excluding carboxylic acids is 1. The molecule has 0 saturated heterocycles. The number of benzene rings is 1. The van der Waals surface area contributed by atoms with E-state index in [9.17, 15) is 4.79 Å². The zero-order valence-electron chi connectivity index (χ0n) is 11.7. The molecule has 0 bridgehead atoms. The van der Waals surface area contributed by atoms with Gasteiger partial charge in [-0.05, 0) is 37.1 Å². The molecule has 0 amide bonds. The van der Waals surface area contributed by atoms with Gasteiger partial charge < -0.3 is 9.13 Å². The topological polar surface area (TPSA) is 52.7 Å². The van der Waals surface area contributed by atoms with E-state index in [0.29, 0.717) is 5.56 Å². The second kappa shape index (κ2) is 4.84. The molecule has 5 nitrogen and oxygen atoms in total. The Balaban J connectivity index is 1.71. The number of aromatic nitrogens is 4. The lowest BCUT2D eigenvalue weighted by molar-refractivity contribution is 0.112. The maximum atomic E-state index is 10.8. The highest BCUT2D eigenvalue weighted by atomic mass is 16.1. The Morgan fingerprint density at radius 3 is 3.05 bits per heavy atom. The monoisotopic (exact) mass is 280 g/mol. The van der Waals surface area contributed by atoms with Gasteiger partial charge in [-0.2, -0.15) is 0 Å². The Kier molecular flexibility index (Phi) is 2.84. The van der Waals surface area contributed by atoms with Crippen LogP contribution in [0.1, 0.15) is 34.8 Å². The minimum absolute atomic E-state index is 0.708. The summed E-state index contributed by atoms with van der Waals surface area (Å²) in [5.74, 6) is 2.12. The van der Waals surface area contributed by atoms with Crippen LogP contribution in [0, 0.1) is 0 Å². The van der Waals surface area contributed by atoms with Crippen molar-refractivity contribution in [3.8, 4) is 0 Å². The van der Waals surface area contributed by atoms with Gasteiger partial charge in [0.05, 0.1) is 6.54 Å². The highest BCUT2D eigenvalue weighted by Crippen LogP contribution is 2.20. The molecule has 4 rings (SSSR count). The molecule has 1 aliphatic heterocycles. The van der Waals surface area contributed by atoms with Crippen LogP contribution in [-0.4, -0.2) is 25.6 Å². The van der Waals surface area contributed by atoms with E-state index < -0.39 is 0 Å². The van der Waals surface area contributed by atoms with E-state index in [1.807, 2.05) is 30.5 Å². The van der Waals surface area contributed by atoms with Crippen LogP contribution in [0.25, 0.3) is 10.9 Å². The van der Waals surface area contributed by atoms with E-state index in [1.165, 1.54) is 12.8 Å². The SMILES string of the molecule is O=Cc1ccc2c(ccn2Cc2nnc3n2CCCC3)c1. The van der Waals surface area contributed by atoms with E-state index in [4.69, 9.17) is 0 Å². The van der Waals surface area contributed by atoms with Crippen molar-refractivity contribution >= 4 is 17.2 Å². The molecule has 0 unspecified atom stereocenters. The van der Waals surface area contributed by atoms with Gasteiger partial charge in [0, 0.05) is 35.6 Å². The van der Waals surface area contributed by atoms with Crippen LogP contribution in [0.4, 0.5) is 0 Å². The molecule has 0 fully saturated rings. The molecule has 3 aromatic rings. The number of nitrogens with zero attached hydrogens (tertiary/aromatic N) is 4. The zero-order valence-corrected chi connectivity index (χ0v) is 11.7. The van der Waals surface area contributed by atoms with Gasteiger partial charge in [0.25, 0.3) is 0 Å². The highest BCUT2D eigenvalue weighted by molar-refractivity contribution is 5.87. The number of hydrogen-bond donors (Lipinski definition) is 0. The molecule has 0 N–H and O–H groups in total. The molecule has 2 aromatic heterocycles. The highest BCUT2D eigenvalue weighted by Gasteiger charge is 2.16. The minimum atomic E-state index is 0.708. The lowest BCUT2D eigenvalue weighted by atomic mass is 10.1. The van der Waals surface area contributed by atoms with Crippen molar-refractivity contribution in [1.29, 1.82) is 0 Å². The molecule has 5 heteroatoms. The van der Waals surface area contributed by atoms with Crippen molar-refractivity contribution in [2.45, 2.75) is 32.4 Å². The summed E-state index contributed by atoms with van der Waals surface area (Å²) in [5.41, 5.74) is 1.83. The molecule has 0 aliphatic carbocycles. The van der Waals surface area contributed by atoms with Crippen molar-refractivity contribution in [1.82, 2.24) is 19.3 Å². The molecular weight excluding hydrogens is 264 g/mol. The second-order valence-corrected chi connectivity index (χ2v) is 5.52. The van der Waals surface area contributed by atoms with Crippen LogP contribution < -0.4 is 0 Å². The summed E-state index contributed by atoms with van der Waals surface area (Å²) in [4.78, 5) is 10.8. The van der Waals surface area contributed by atoms with E-state index in [1.54, 1.807) is 0 Å². The van der Waals surface area contributed by atoms with Gasteiger partial charge >= 0.3 is 0 Å². The van der Waals surface area contributed by atoms with Crippen molar-refractivity contribution in [3.63, 3.8) is 0 Å². The number of aryl methyl sites for hydroxylation is 1. The van der Waals surface area contributed by atoms with Crippen LogP contribution in [0.2, 0.25) is 0 Å². The number of aldehydes is 1. The Morgan fingerprint density at radius 2 is 2.14 bits per heavy atom. The van der Waals surface area contributed by atoms with Crippen LogP contribution in [0.15, 0.2) is 30.5 Å². The average Bonchev–Trinajstić information content (AvgIpc) is 3.12. The van der Waals surface area contributed by atoms with Gasteiger partial charge in [0.15, 0.2) is 5.82 Å². The molecule has 0 spiro atoms. The molecule has 1 aromatic carbocycles. The molecule has 3 heterocycles. The van der Waals surface area contributed by atoms with E-state index in [-0.39, 0.29) is 0 Å². The number of hydrogen-bond acceptors (Lipinski definition) is 3. The largest absolute Gasteiger partial charge is 0.340 e. The number of rotatable bonds is 3. The average molecular weight is 280 g/mol. The predicted molar refractivity (Wildman–Crippen MR) is 79.4 cm³/mol. The van der Waals surface area contributed by atoms with Gasteiger partial charge in [0.1, 0.15) is 12.1 Å². The third-order valence-electron chi connectivity index (χ3n) is 4.18. The van der Waals surface area contributed by atoms with Gasteiger partial charge in [-0.25, -0.2) is 0 Å². The van der Waals surface area contributed by atoms with Gasteiger partial charge in [-0.1, -0.05) is 0 Å². The third kappa shape index (κ3) is 2.05. The van der Waals surface area contributed by atoms with Crippen LogP contribution >= 0.6 is 0 Å². The summed E-state index contributed by atoms with van der Waals surface area (Å²) in [6.45, 7) is 1.74. The fourth-order valence-corrected chi connectivity index (χ4v) is 3.07. The molecule has 0 radical (unpaired) electrons. The molecule has 0 atom stereocenters. The van der Waals surface area contributed by atoms with Crippen molar-refractivity contribution in [2.75, 3.05) is 0 Å². The quantitative estimate of drug-likeness (QED) is 0.692. The molecule has 106 valence electrons. The standard InChI is InChI=1S/C16H16N4O/c21-11-12-4-5-14-13(9-12)6-8-19(14)10-16-18-17-15-3-1-2-7-20(15)16/h4-6,8-9,11H,1-3,7,10H2. The lowest BCUT2D eigenvalue weighted by Gasteiger charge is -2.15. The van der Waals surface area contributed by atoms with Crippen LogP contribution in [0.3, 0.4) is 0 Å².